The molecule has 1 saturated heterocycles. The minimum Gasteiger partial charge on any atom is -0.383 e. The summed E-state index contributed by atoms with van der Waals surface area (Å²) in [6, 6.07) is 15.4. The maximum atomic E-state index is 12.6. The van der Waals surface area contributed by atoms with Crippen LogP contribution in [0.5, 0.6) is 0 Å². The van der Waals surface area contributed by atoms with Gasteiger partial charge in [-0.2, -0.15) is 0 Å². The number of piperidine rings is 1. The lowest BCUT2D eigenvalue weighted by atomic mass is 9.97. The largest absolute Gasteiger partial charge is 0.383 e. The standard InChI is InChI=1S/C23H29N5O4/c1-32-15-13-24-21(29)17-6-5-14-28(16-17)23(31)27-20-11-9-19(10-12-20)26-22(30)25-18-7-3-2-4-8-18/h2-4,7-12,17H,5-6,13-16H2,1H3,(H,24,29)(H,27,31)(H2,25,26,30)/t17-/m0/s1. The van der Waals surface area contributed by atoms with E-state index in [0.717, 1.165) is 12.8 Å². The van der Waals surface area contributed by atoms with Crippen LogP contribution in [0.25, 0.3) is 0 Å². The number of rotatable bonds is 7. The molecule has 2 aromatic carbocycles. The molecule has 0 aliphatic carbocycles. The molecule has 2 aromatic rings. The zero-order chi connectivity index (χ0) is 22.8. The lowest BCUT2D eigenvalue weighted by Crippen LogP contribution is -2.47. The lowest BCUT2D eigenvalue weighted by molar-refractivity contribution is -0.126. The molecule has 9 heteroatoms. The number of nitrogens with one attached hydrogen (secondary N) is 4. The van der Waals surface area contributed by atoms with Crippen molar-refractivity contribution in [2.24, 2.45) is 5.92 Å². The quantitative estimate of drug-likeness (QED) is 0.496. The Balaban J connectivity index is 1.47. The molecule has 5 amide bonds. The summed E-state index contributed by atoms with van der Waals surface area (Å²) in [5.74, 6) is -0.273. The van der Waals surface area contributed by atoms with Crippen molar-refractivity contribution in [3.63, 3.8) is 0 Å². The van der Waals surface area contributed by atoms with Gasteiger partial charge in [-0.3, -0.25) is 4.79 Å². The van der Waals surface area contributed by atoms with Crippen LogP contribution < -0.4 is 21.3 Å². The van der Waals surface area contributed by atoms with Crippen LogP contribution in [0.2, 0.25) is 0 Å². The van der Waals surface area contributed by atoms with Gasteiger partial charge in [0.05, 0.1) is 12.5 Å². The first-order chi connectivity index (χ1) is 15.5. The highest BCUT2D eigenvalue weighted by Crippen LogP contribution is 2.19. The molecule has 1 atom stereocenters. The van der Waals surface area contributed by atoms with Crippen LogP contribution in [0.3, 0.4) is 0 Å². The number of amides is 5. The van der Waals surface area contributed by atoms with Gasteiger partial charge in [-0.05, 0) is 49.2 Å². The highest BCUT2D eigenvalue weighted by molar-refractivity contribution is 6.00. The van der Waals surface area contributed by atoms with Gasteiger partial charge in [0.2, 0.25) is 5.91 Å². The molecule has 0 bridgehead atoms. The van der Waals surface area contributed by atoms with Crippen LogP contribution in [0.15, 0.2) is 54.6 Å². The molecule has 1 aliphatic rings. The SMILES string of the molecule is COCCNC(=O)[C@H]1CCCN(C(=O)Nc2ccc(NC(=O)Nc3ccccc3)cc2)C1. The second-order valence-corrected chi connectivity index (χ2v) is 7.52. The molecule has 1 heterocycles. The summed E-state index contributed by atoms with van der Waals surface area (Å²) < 4.78 is 4.95. The topological polar surface area (TPSA) is 112 Å². The van der Waals surface area contributed by atoms with E-state index in [0.29, 0.717) is 43.3 Å². The molecule has 1 aliphatic heterocycles. The van der Waals surface area contributed by atoms with Crippen molar-refractivity contribution in [2.45, 2.75) is 12.8 Å². The van der Waals surface area contributed by atoms with E-state index >= 15 is 0 Å². The molecule has 1 fully saturated rings. The summed E-state index contributed by atoms with van der Waals surface area (Å²) in [5.41, 5.74) is 1.90. The average molecular weight is 440 g/mol. The van der Waals surface area contributed by atoms with Crippen LogP contribution >= 0.6 is 0 Å². The molecule has 0 saturated carbocycles. The zero-order valence-corrected chi connectivity index (χ0v) is 18.1. The van der Waals surface area contributed by atoms with Crippen LogP contribution in [0, 0.1) is 5.92 Å². The number of carbonyl (C=O) groups is 3. The molecule has 4 N–H and O–H groups in total. The number of benzene rings is 2. The number of para-hydroxylation sites is 1. The van der Waals surface area contributed by atoms with E-state index in [4.69, 9.17) is 4.74 Å². The minimum absolute atomic E-state index is 0.0521. The van der Waals surface area contributed by atoms with Gasteiger partial charge >= 0.3 is 12.1 Å². The highest BCUT2D eigenvalue weighted by atomic mass is 16.5. The smallest absolute Gasteiger partial charge is 0.323 e. The number of ether oxygens (including phenoxy) is 1. The number of likely N-dealkylation sites (tertiary alicyclic amines) is 1. The van der Waals surface area contributed by atoms with Crippen molar-refractivity contribution in [1.82, 2.24) is 10.2 Å². The number of nitrogens with zero attached hydrogens (tertiary/aromatic N) is 1. The maximum Gasteiger partial charge on any atom is 0.323 e. The van der Waals surface area contributed by atoms with Gasteiger partial charge in [0.1, 0.15) is 0 Å². The van der Waals surface area contributed by atoms with Crippen molar-refractivity contribution < 1.29 is 19.1 Å². The third kappa shape index (κ3) is 6.98. The fraction of sp³-hybridized carbons (Fsp3) is 0.348. The normalized spacial score (nSPS) is 15.5. The second-order valence-electron chi connectivity index (χ2n) is 7.52. The van der Waals surface area contributed by atoms with Gasteiger partial charge in [0.15, 0.2) is 0 Å². The van der Waals surface area contributed by atoms with E-state index in [2.05, 4.69) is 21.3 Å². The number of carbonyl (C=O) groups excluding carboxylic acids is 3. The first-order valence-corrected chi connectivity index (χ1v) is 10.6. The second kappa shape index (κ2) is 11.7. The third-order valence-electron chi connectivity index (χ3n) is 5.11. The van der Waals surface area contributed by atoms with E-state index in [1.54, 1.807) is 48.4 Å². The fourth-order valence-electron chi connectivity index (χ4n) is 3.45. The van der Waals surface area contributed by atoms with Gasteiger partial charge in [-0.1, -0.05) is 18.2 Å². The predicted octanol–water partition coefficient (Wildman–Crippen LogP) is 3.34. The summed E-state index contributed by atoms with van der Waals surface area (Å²) in [7, 11) is 1.58. The van der Waals surface area contributed by atoms with Gasteiger partial charge < -0.3 is 30.9 Å². The number of hydrogen-bond acceptors (Lipinski definition) is 4. The third-order valence-corrected chi connectivity index (χ3v) is 5.11. The van der Waals surface area contributed by atoms with E-state index in [-0.39, 0.29) is 23.9 Å². The summed E-state index contributed by atoms with van der Waals surface area (Å²) >= 11 is 0. The van der Waals surface area contributed by atoms with Gasteiger partial charge in [-0.25, -0.2) is 9.59 Å². The predicted molar refractivity (Wildman–Crippen MR) is 124 cm³/mol. The monoisotopic (exact) mass is 439 g/mol. The van der Waals surface area contributed by atoms with Crippen LogP contribution in [-0.4, -0.2) is 56.2 Å². The van der Waals surface area contributed by atoms with Crippen molar-refractivity contribution in [1.29, 1.82) is 0 Å². The number of urea groups is 2. The van der Waals surface area contributed by atoms with E-state index in [1.165, 1.54) is 0 Å². The Morgan fingerprint density at radius 1 is 0.938 bits per heavy atom. The molecular formula is C23H29N5O4. The molecule has 9 nitrogen and oxygen atoms in total. The first kappa shape index (κ1) is 23.1. The molecule has 0 radical (unpaired) electrons. The first-order valence-electron chi connectivity index (χ1n) is 10.6. The van der Waals surface area contributed by atoms with Crippen molar-refractivity contribution in [3.05, 3.63) is 54.6 Å². The van der Waals surface area contributed by atoms with Gasteiger partial charge in [0.25, 0.3) is 0 Å². The molecule has 0 spiro atoms. The van der Waals surface area contributed by atoms with E-state index in [1.807, 2.05) is 18.2 Å². The van der Waals surface area contributed by atoms with E-state index in [9.17, 15) is 14.4 Å². The number of hydrogen-bond donors (Lipinski definition) is 4. The summed E-state index contributed by atoms with van der Waals surface area (Å²) in [4.78, 5) is 38.7. The Morgan fingerprint density at radius 2 is 1.56 bits per heavy atom. The maximum absolute atomic E-state index is 12.6. The summed E-state index contributed by atoms with van der Waals surface area (Å²) in [6.45, 7) is 1.90. The zero-order valence-electron chi connectivity index (χ0n) is 18.1. The minimum atomic E-state index is -0.351. The number of methoxy groups -OCH3 is 1. The highest BCUT2D eigenvalue weighted by Gasteiger charge is 2.28. The molecule has 170 valence electrons. The Kier molecular flexibility index (Phi) is 8.44. The number of anilines is 3. The Bertz CT molecular complexity index is 904. The van der Waals surface area contributed by atoms with Crippen LogP contribution in [0.1, 0.15) is 12.8 Å². The Hall–Kier alpha value is -3.59. The molecular weight excluding hydrogens is 410 g/mol. The van der Waals surface area contributed by atoms with Crippen molar-refractivity contribution in [3.8, 4) is 0 Å². The molecule has 0 unspecified atom stereocenters. The van der Waals surface area contributed by atoms with Gasteiger partial charge in [0, 0.05) is 43.8 Å². The van der Waals surface area contributed by atoms with Crippen LogP contribution in [0.4, 0.5) is 26.7 Å². The van der Waals surface area contributed by atoms with Crippen molar-refractivity contribution >= 4 is 35.0 Å². The molecule has 0 aromatic heterocycles. The Morgan fingerprint density at radius 3 is 2.22 bits per heavy atom. The average Bonchev–Trinajstić information content (AvgIpc) is 2.81. The Labute approximate surface area is 187 Å². The van der Waals surface area contributed by atoms with E-state index < -0.39 is 0 Å². The molecule has 3 rings (SSSR count). The summed E-state index contributed by atoms with van der Waals surface area (Å²) in [5, 5.41) is 11.2. The van der Waals surface area contributed by atoms with Crippen molar-refractivity contribution in [2.75, 3.05) is 49.3 Å². The van der Waals surface area contributed by atoms with Crippen LogP contribution in [-0.2, 0) is 9.53 Å². The molecule has 32 heavy (non-hydrogen) atoms. The lowest BCUT2D eigenvalue weighted by Gasteiger charge is -2.32. The summed E-state index contributed by atoms with van der Waals surface area (Å²) in [6.07, 6.45) is 1.53. The fourth-order valence-corrected chi connectivity index (χ4v) is 3.45. The van der Waals surface area contributed by atoms with Gasteiger partial charge in [-0.15, -0.1) is 0 Å².